The van der Waals surface area contributed by atoms with Crippen molar-refractivity contribution in [1.29, 1.82) is 0 Å². The Morgan fingerprint density at radius 1 is 1.23 bits per heavy atom. The van der Waals surface area contributed by atoms with Crippen LogP contribution in [0.15, 0.2) is 46.3 Å². The molecule has 1 aliphatic heterocycles. The van der Waals surface area contributed by atoms with Crippen molar-refractivity contribution in [2.24, 2.45) is 4.99 Å². The number of carbonyl (C=O) groups is 2. The van der Waals surface area contributed by atoms with E-state index in [2.05, 4.69) is 4.99 Å². The van der Waals surface area contributed by atoms with Gasteiger partial charge >= 0.3 is 5.97 Å². The first-order valence-electron chi connectivity index (χ1n) is 9.49. The van der Waals surface area contributed by atoms with Crippen LogP contribution < -0.4 is 14.3 Å². The van der Waals surface area contributed by atoms with E-state index in [1.54, 1.807) is 34.5 Å². The SMILES string of the molecule is COC(=O)Cn1c(=NC(=O)CCCSc2ccc(F)cc2)sc2cc3c(cc21)OCO3. The van der Waals surface area contributed by atoms with Crippen LogP contribution in [-0.2, 0) is 20.9 Å². The largest absolute Gasteiger partial charge is 0.468 e. The fourth-order valence-corrected chi connectivity index (χ4v) is 4.91. The van der Waals surface area contributed by atoms with Gasteiger partial charge in [-0.1, -0.05) is 11.3 Å². The second-order valence-electron chi connectivity index (χ2n) is 6.63. The van der Waals surface area contributed by atoms with Crippen molar-refractivity contribution in [3.05, 3.63) is 47.0 Å². The van der Waals surface area contributed by atoms with E-state index in [9.17, 15) is 14.0 Å². The van der Waals surface area contributed by atoms with Crippen LogP contribution in [-0.4, -0.2) is 36.1 Å². The highest BCUT2D eigenvalue weighted by molar-refractivity contribution is 7.99. The van der Waals surface area contributed by atoms with Gasteiger partial charge in [0, 0.05) is 23.4 Å². The van der Waals surface area contributed by atoms with Gasteiger partial charge in [0.1, 0.15) is 12.4 Å². The summed E-state index contributed by atoms with van der Waals surface area (Å²) >= 11 is 2.86. The third-order valence-corrected chi connectivity index (χ3v) is 6.67. The summed E-state index contributed by atoms with van der Waals surface area (Å²) in [4.78, 5) is 30.0. The smallest absolute Gasteiger partial charge is 0.325 e. The van der Waals surface area contributed by atoms with E-state index in [-0.39, 0.29) is 31.5 Å². The van der Waals surface area contributed by atoms with Crippen LogP contribution in [0.1, 0.15) is 12.8 Å². The third kappa shape index (κ3) is 5.08. The molecule has 162 valence electrons. The molecule has 0 spiro atoms. The number of ether oxygens (including phenoxy) is 3. The third-order valence-electron chi connectivity index (χ3n) is 4.53. The highest BCUT2D eigenvalue weighted by atomic mass is 32.2. The number of nitrogens with zero attached hydrogens (tertiary/aromatic N) is 2. The lowest BCUT2D eigenvalue weighted by Crippen LogP contribution is -2.22. The van der Waals surface area contributed by atoms with Crippen molar-refractivity contribution in [3.8, 4) is 11.5 Å². The molecular weight excluding hydrogens is 443 g/mol. The van der Waals surface area contributed by atoms with Crippen molar-refractivity contribution in [2.45, 2.75) is 24.3 Å². The van der Waals surface area contributed by atoms with E-state index in [1.165, 1.54) is 30.6 Å². The maximum atomic E-state index is 13.0. The van der Waals surface area contributed by atoms with Crippen LogP contribution in [0, 0.1) is 5.82 Å². The van der Waals surface area contributed by atoms with Gasteiger partial charge in [0.15, 0.2) is 16.3 Å². The molecule has 7 nitrogen and oxygen atoms in total. The lowest BCUT2D eigenvalue weighted by molar-refractivity contribution is -0.141. The zero-order valence-corrected chi connectivity index (χ0v) is 18.3. The Morgan fingerprint density at radius 3 is 2.71 bits per heavy atom. The number of methoxy groups -OCH3 is 1. The maximum absolute atomic E-state index is 13.0. The lowest BCUT2D eigenvalue weighted by atomic mass is 10.3. The molecule has 0 saturated heterocycles. The Morgan fingerprint density at radius 2 is 1.97 bits per heavy atom. The van der Waals surface area contributed by atoms with Crippen molar-refractivity contribution < 1.29 is 28.2 Å². The summed E-state index contributed by atoms with van der Waals surface area (Å²) in [5.41, 5.74) is 0.720. The van der Waals surface area contributed by atoms with E-state index < -0.39 is 5.97 Å². The fraction of sp³-hybridized carbons (Fsp3) is 0.286. The molecule has 0 saturated carbocycles. The van der Waals surface area contributed by atoms with Gasteiger partial charge in [-0.2, -0.15) is 4.99 Å². The molecule has 2 aromatic carbocycles. The highest BCUT2D eigenvalue weighted by Crippen LogP contribution is 2.37. The molecule has 0 fully saturated rings. The van der Waals surface area contributed by atoms with E-state index in [1.807, 2.05) is 6.07 Å². The van der Waals surface area contributed by atoms with E-state index in [0.29, 0.717) is 28.5 Å². The molecule has 0 unspecified atom stereocenters. The van der Waals surface area contributed by atoms with Gasteiger partial charge in [0.2, 0.25) is 12.7 Å². The molecule has 0 atom stereocenters. The average molecular weight is 463 g/mol. The molecule has 4 rings (SSSR count). The number of aromatic nitrogens is 1. The van der Waals surface area contributed by atoms with Gasteiger partial charge in [-0.15, -0.1) is 11.8 Å². The summed E-state index contributed by atoms with van der Waals surface area (Å²) in [6.45, 7) is 0.0813. The monoisotopic (exact) mass is 462 g/mol. The number of thioether (sulfide) groups is 1. The first kappa shape index (κ1) is 21.4. The number of carbonyl (C=O) groups excluding carboxylic acids is 2. The van der Waals surface area contributed by atoms with E-state index in [0.717, 1.165) is 15.1 Å². The molecule has 10 heteroatoms. The van der Waals surface area contributed by atoms with Crippen LogP contribution >= 0.6 is 23.1 Å². The van der Waals surface area contributed by atoms with E-state index in [4.69, 9.17) is 14.2 Å². The molecule has 1 amide bonds. The van der Waals surface area contributed by atoms with Crippen LogP contribution in [0.25, 0.3) is 10.2 Å². The number of esters is 1. The number of hydrogen-bond acceptors (Lipinski definition) is 7. The van der Waals surface area contributed by atoms with Crippen molar-refractivity contribution in [3.63, 3.8) is 0 Å². The Bertz CT molecular complexity index is 1190. The van der Waals surface area contributed by atoms with Gasteiger partial charge in [-0.25, -0.2) is 4.39 Å². The predicted molar refractivity (Wildman–Crippen MR) is 115 cm³/mol. The van der Waals surface area contributed by atoms with Gasteiger partial charge in [0.25, 0.3) is 0 Å². The minimum atomic E-state index is -0.443. The molecule has 31 heavy (non-hydrogen) atoms. The Hall–Kier alpha value is -2.85. The molecule has 2 heterocycles. The number of hydrogen-bond donors (Lipinski definition) is 0. The minimum Gasteiger partial charge on any atom is -0.468 e. The molecular formula is C21H19FN2O5S2. The summed E-state index contributed by atoms with van der Waals surface area (Å²) in [7, 11) is 1.31. The summed E-state index contributed by atoms with van der Waals surface area (Å²) in [6.07, 6.45) is 0.894. The fourth-order valence-electron chi connectivity index (χ4n) is 3.00. The number of amides is 1. The van der Waals surface area contributed by atoms with Crippen molar-refractivity contribution in [2.75, 3.05) is 19.7 Å². The standard InChI is InChI=1S/C21H19FN2O5S2/c1-27-20(26)11-24-15-9-16-17(29-12-28-16)10-18(15)31-21(24)23-19(25)3-2-8-30-14-6-4-13(22)5-7-14/h4-7,9-10H,2-3,8,11-12H2,1H3. The molecule has 0 radical (unpaired) electrons. The van der Waals surface area contributed by atoms with Crippen molar-refractivity contribution in [1.82, 2.24) is 4.57 Å². The lowest BCUT2D eigenvalue weighted by Gasteiger charge is -2.04. The van der Waals surface area contributed by atoms with Gasteiger partial charge < -0.3 is 18.8 Å². The maximum Gasteiger partial charge on any atom is 0.325 e. The average Bonchev–Trinajstić information content (AvgIpc) is 3.34. The summed E-state index contributed by atoms with van der Waals surface area (Å²) in [5.74, 6) is 0.925. The second kappa shape index (κ2) is 9.52. The van der Waals surface area contributed by atoms with Crippen LogP contribution in [0.3, 0.4) is 0 Å². The summed E-state index contributed by atoms with van der Waals surface area (Å²) in [5, 5.41) is 0. The Labute approximate surface area is 185 Å². The topological polar surface area (TPSA) is 79.1 Å². The van der Waals surface area contributed by atoms with Crippen LogP contribution in [0.5, 0.6) is 11.5 Å². The number of fused-ring (bicyclic) bond motifs is 2. The normalized spacial score (nSPS) is 13.0. The van der Waals surface area contributed by atoms with Gasteiger partial charge in [-0.3, -0.25) is 9.59 Å². The second-order valence-corrected chi connectivity index (χ2v) is 8.81. The minimum absolute atomic E-state index is 0.0668. The van der Waals surface area contributed by atoms with E-state index >= 15 is 0 Å². The van der Waals surface area contributed by atoms with Crippen LogP contribution in [0.2, 0.25) is 0 Å². The first-order valence-corrected chi connectivity index (χ1v) is 11.3. The summed E-state index contributed by atoms with van der Waals surface area (Å²) in [6, 6.07) is 9.85. The number of halogens is 1. The van der Waals surface area contributed by atoms with Gasteiger partial charge in [-0.05, 0) is 36.4 Å². The zero-order chi connectivity index (χ0) is 21.8. The summed E-state index contributed by atoms with van der Waals surface area (Å²) < 4.78 is 31.1. The predicted octanol–water partition coefficient (Wildman–Crippen LogP) is 3.74. The first-order chi connectivity index (χ1) is 15.0. The number of thiazole rings is 1. The Balaban J connectivity index is 1.49. The molecule has 3 aromatic rings. The molecule has 0 bridgehead atoms. The molecule has 0 aliphatic carbocycles. The van der Waals surface area contributed by atoms with Crippen LogP contribution in [0.4, 0.5) is 4.39 Å². The number of rotatable bonds is 7. The molecule has 0 N–H and O–H groups in total. The number of benzene rings is 2. The Kier molecular flexibility index (Phi) is 6.57. The molecule has 1 aromatic heterocycles. The van der Waals surface area contributed by atoms with Gasteiger partial charge in [0.05, 0.1) is 17.3 Å². The van der Waals surface area contributed by atoms with Crippen molar-refractivity contribution >= 4 is 45.2 Å². The zero-order valence-electron chi connectivity index (χ0n) is 16.6. The highest BCUT2D eigenvalue weighted by Gasteiger charge is 2.19. The molecule has 1 aliphatic rings. The quantitative estimate of drug-likeness (QED) is 0.302.